The van der Waals surface area contributed by atoms with Gasteiger partial charge in [0, 0.05) is 0 Å². The molecule has 2 nitrogen and oxygen atoms in total. The number of esters is 1. The van der Waals surface area contributed by atoms with E-state index in [0.29, 0.717) is 0 Å². The Kier molecular flexibility index (Phi) is 2.78. The molecule has 0 fully saturated rings. The molecule has 0 atom stereocenters. The van der Waals surface area contributed by atoms with E-state index in [0.717, 1.165) is 0 Å². The molecule has 1 radical (unpaired) electrons. The smallest absolute Gasteiger partial charge is 0.317 e. The third-order valence-electron chi connectivity index (χ3n) is 0.460. The van der Waals surface area contributed by atoms with Crippen molar-refractivity contribution in [1.82, 2.24) is 0 Å². The van der Waals surface area contributed by atoms with Crippen LogP contribution in [0.5, 0.6) is 0 Å². The summed E-state index contributed by atoms with van der Waals surface area (Å²) < 4.78 is 4.17. The molecule has 0 aliphatic heterocycles. The molecule has 0 bridgehead atoms. The van der Waals surface area contributed by atoms with Crippen molar-refractivity contribution in [2.75, 3.05) is 7.11 Å². The van der Waals surface area contributed by atoms with Crippen LogP contribution in [0, 0.1) is 12.3 Å². The van der Waals surface area contributed by atoms with Crippen molar-refractivity contribution in [2.24, 2.45) is 0 Å². The summed E-state index contributed by atoms with van der Waals surface area (Å²) in [5.41, 5.74) is 0. The minimum absolute atomic E-state index is 0.0451. The Hall–Kier alpha value is -0.970. The fourth-order valence-corrected chi connectivity index (χ4v) is 0.144. The van der Waals surface area contributed by atoms with Gasteiger partial charge in [-0.25, -0.2) is 0 Å². The fraction of sp³-hybridized carbons (Fsp3) is 0.400. The van der Waals surface area contributed by atoms with Crippen molar-refractivity contribution in [3.8, 4) is 5.92 Å². The van der Waals surface area contributed by atoms with Gasteiger partial charge in [-0.1, -0.05) is 5.92 Å². The molecule has 0 aliphatic carbocycles. The van der Waals surface area contributed by atoms with Gasteiger partial charge in [0.25, 0.3) is 0 Å². The molecule has 7 heavy (non-hydrogen) atoms. The lowest BCUT2D eigenvalue weighted by Gasteiger charge is -1.86. The van der Waals surface area contributed by atoms with Crippen LogP contribution in [0.4, 0.5) is 0 Å². The van der Waals surface area contributed by atoms with Gasteiger partial charge in [-0.3, -0.25) is 4.79 Å². The predicted molar refractivity (Wildman–Crippen MR) is 23.8 cm³/mol. The van der Waals surface area contributed by atoms with E-state index in [-0.39, 0.29) is 6.42 Å². The van der Waals surface area contributed by atoms with Crippen molar-refractivity contribution < 1.29 is 9.53 Å². The molecule has 0 aromatic heterocycles. The van der Waals surface area contributed by atoms with Gasteiger partial charge in [0.2, 0.25) is 0 Å². The molecule has 0 N–H and O–H groups in total. The second-order valence-electron chi connectivity index (χ2n) is 0.930. The zero-order valence-corrected chi connectivity index (χ0v) is 4.02. The molecule has 0 rings (SSSR count). The summed E-state index contributed by atoms with van der Waals surface area (Å²) in [6, 6.07) is 0. The van der Waals surface area contributed by atoms with Gasteiger partial charge in [-0.15, -0.1) is 0 Å². The molecule has 2 heteroatoms. The van der Waals surface area contributed by atoms with E-state index in [1.54, 1.807) is 0 Å². The maximum atomic E-state index is 10.0. The van der Waals surface area contributed by atoms with Gasteiger partial charge in [0.1, 0.15) is 6.42 Å². The number of ether oxygens (including phenoxy) is 1. The van der Waals surface area contributed by atoms with E-state index < -0.39 is 5.97 Å². The normalized spacial score (nSPS) is 6.86. The van der Waals surface area contributed by atoms with Crippen LogP contribution in [0.15, 0.2) is 0 Å². The monoisotopic (exact) mass is 97.0 g/mol. The van der Waals surface area contributed by atoms with Gasteiger partial charge in [-0.2, -0.15) is 0 Å². The van der Waals surface area contributed by atoms with Crippen LogP contribution in [-0.2, 0) is 9.53 Å². The summed E-state index contributed by atoms with van der Waals surface area (Å²) in [6.07, 6.45) is 6.24. The third-order valence-corrected chi connectivity index (χ3v) is 0.460. The highest BCUT2D eigenvalue weighted by molar-refractivity contribution is 5.71. The maximum absolute atomic E-state index is 10.0. The van der Waals surface area contributed by atoms with Crippen molar-refractivity contribution in [3.05, 3.63) is 6.42 Å². The molecule has 0 aromatic carbocycles. The van der Waals surface area contributed by atoms with Crippen LogP contribution < -0.4 is 0 Å². The highest BCUT2D eigenvalue weighted by Crippen LogP contribution is 1.76. The fourth-order valence-electron chi connectivity index (χ4n) is 0.144. The number of hydrogen-bond acceptors (Lipinski definition) is 2. The van der Waals surface area contributed by atoms with Gasteiger partial charge in [0.15, 0.2) is 0 Å². The average molecular weight is 97.1 g/mol. The van der Waals surface area contributed by atoms with Crippen molar-refractivity contribution in [2.45, 2.75) is 6.42 Å². The Balaban J connectivity index is 3.23. The average Bonchev–Trinajstić information content (AvgIpc) is 1.68. The van der Waals surface area contributed by atoms with Crippen LogP contribution in [0.25, 0.3) is 0 Å². The van der Waals surface area contributed by atoms with Gasteiger partial charge < -0.3 is 4.74 Å². The lowest BCUT2D eigenvalue weighted by molar-refractivity contribution is -0.139. The van der Waals surface area contributed by atoms with Gasteiger partial charge >= 0.3 is 5.97 Å². The summed E-state index contributed by atoms with van der Waals surface area (Å²) in [4.78, 5) is 10.0. The van der Waals surface area contributed by atoms with E-state index in [1.807, 2.05) is 5.92 Å². The Morgan fingerprint density at radius 1 is 2.00 bits per heavy atom. The summed E-state index contributed by atoms with van der Waals surface area (Å²) in [5.74, 6) is 1.47. The Labute approximate surface area is 42.5 Å². The highest BCUT2D eigenvalue weighted by atomic mass is 16.5. The van der Waals surface area contributed by atoms with E-state index in [1.165, 1.54) is 7.11 Å². The number of carbonyl (C=O) groups is 1. The van der Waals surface area contributed by atoms with Crippen LogP contribution in [0.3, 0.4) is 0 Å². The minimum Gasteiger partial charge on any atom is -0.468 e. The summed E-state index contributed by atoms with van der Waals surface area (Å²) in [5, 5.41) is 0. The molecule has 0 heterocycles. The SMILES string of the molecule is [C]#CCC(=O)OC. The highest BCUT2D eigenvalue weighted by Gasteiger charge is 1.91. The first-order valence-electron chi connectivity index (χ1n) is 1.77. The number of carbonyl (C=O) groups excluding carboxylic acids is 1. The lowest BCUT2D eigenvalue weighted by atomic mass is 10.5. The predicted octanol–water partition coefficient (Wildman–Crippen LogP) is 0.139. The molecular formula is C5H5O2. The van der Waals surface area contributed by atoms with Gasteiger partial charge in [-0.05, 0) is 6.42 Å². The lowest BCUT2D eigenvalue weighted by Crippen LogP contribution is -1.96. The molecule has 0 aliphatic rings. The first-order valence-corrected chi connectivity index (χ1v) is 1.77. The molecule has 0 saturated carbocycles. The van der Waals surface area contributed by atoms with Crippen LogP contribution in [-0.4, -0.2) is 13.1 Å². The molecule has 0 saturated heterocycles. The van der Waals surface area contributed by atoms with Crippen LogP contribution in [0.1, 0.15) is 6.42 Å². The molecule has 0 spiro atoms. The van der Waals surface area contributed by atoms with E-state index in [2.05, 4.69) is 4.74 Å². The topological polar surface area (TPSA) is 26.3 Å². The minimum atomic E-state index is -0.421. The summed E-state index contributed by atoms with van der Waals surface area (Å²) in [7, 11) is 1.28. The zero-order valence-electron chi connectivity index (χ0n) is 4.02. The quantitative estimate of drug-likeness (QED) is 0.343. The molecule has 0 amide bonds. The van der Waals surface area contributed by atoms with Crippen molar-refractivity contribution in [3.63, 3.8) is 0 Å². The van der Waals surface area contributed by atoms with E-state index in [9.17, 15) is 4.79 Å². The Morgan fingerprint density at radius 3 is 2.71 bits per heavy atom. The number of methoxy groups -OCH3 is 1. The zero-order chi connectivity index (χ0) is 5.70. The number of hydrogen-bond donors (Lipinski definition) is 0. The maximum Gasteiger partial charge on any atom is 0.317 e. The Bertz CT molecular complexity index is 99.1. The van der Waals surface area contributed by atoms with E-state index >= 15 is 0 Å². The molecule has 0 unspecified atom stereocenters. The number of rotatable bonds is 1. The molecule has 0 aromatic rings. The van der Waals surface area contributed by atoms with Crippen molar-refractivity contribution >= 4 is 5.97 Å². The van der Waals surface area contributed by atoms with E-state index in [4.69, 9.17) is 6.42 Å². The molecule has 37 valence electrons. The van der Waals surface area contributed by atoms with Gasteiger partial charge in [0.05, 0.1) is 7.11 Å². The van der Waals surface area contributed by atoms with Crippen LogP contribution in [0.2, 0.25) is 0 Å². The molecular weight excluding hydrogens is 92.1 g/mol. The summed E-state index contributed by atoms with van der Waals surface area (Å²) in [6.45, 7) is 0. The Morgan fingerprint density at radius 2 is 2.57 bits per heavy atom. The second-order valence-corrected chi connectivity index (χ2v) is 0.930. The second kappa shape index (κ2) is 3.23. The van der Waals surface area contributed by atoms with Crippen molar-refractivity contribution in [1.29, 1.82) is 0 Å². The first kappa shape index (κ1) is 6.03. The summed E-state index contributed by atoms with van der Waals surface area (Å²) >= 11 is 0. The largest absolute Gasteiger partial charge is 0.468 e. The first-order chi connectivity index (χ1) is 3.31. The standard InChI is InChI=1S/C5H5O2/c1-3-4-5(6)7-2/h4H2,2H3. The third kappa shape index (κ3) is 2.84. The van der Waals surface area contributed by atoms with Crippen LogP contribution >= 0.6 is 0 Å².